The summed E-state index contributed by atoms with van der Waals surface area (Å²) in [5.41, 5.74) is 0. The monoisotopic (exact) mass is 182 g/mol. The Bertz CT molecular complexity index is 140. The third kappa shape index (κ3) is 5.64. The van der Waals surface area contributed by atoms with Crippen molar-refractivity contribution in [1.82, 2.24) is 0 Å². The second-order valence-corrected chi connectivity index (χ2v) is 3.48. The molecule has 0 aliphatic rings. The summed E-state index contributed by atoms with van der Waals surface area (Å²) < 4.78 is 0. The third-order valence-corrected chi connectivity index (χ3v) is 2.33. The summed E-state index contributed by atoms with van der Waals surface area (Å²) in [4.78, 5) is 0. The minimum Gasteiger partial charge on any atom is -0.393 e. The minimum atomic E-state index is -0.202. The molecule has 1 nitrogen and oxygen atoms in total. The molecule has 0 saturated heterocycles. The van der Waals surface area contributed by atoms with E-state index in [0.29, 0.717) is 0 Å². The Labute approximate surface area is 82.2 Å². The summed E-state index contributed by atoms with van der Waals surface area (Å²) in [6, 6.07) is 0. The van der Waals surface area contributed by atoms with Crippen molar-refractivity contribution < 1.29 is 5.11 Å². The van der Waals surface area contributed by atoms with Crippen molar-refractivity contribution in [2.24, 2.45) is 5.92 Å². The zero-order valence-corrected chi connectivity index (χ0v) is 8.71. The lowest BCUT2D eigenvalue weighted by Gasteiger charge is -2.18. The van der Waals surface area contributed by atoms with E-state index in [1.165, 1.54) is 0 Å². The average molecular weight is 182 g/mol. The summed E-state index contributed by atoms with van der Waals surface area (Å²) in [6.45, 7) is 9.52. The second kappa shape index (κ2) is 8.06. The lowest BCUT2D eigenvalue weighted by Crippen LogP contribution is -2.17. The predicted octanol–water partition coefficient (Wildman–Crippen LogP) is 3.31. The lowest BCUT2D eigenvalue weighted by atomic mass is 9.93. The molecule has 2 atom stereocenters. The van der Waals surface area contributed by atoms with Gasteiger partial charge in [-0.25, -0.2) is 0 Å². The van der Waals surface area contributed by atoms with Gasteiger partial charge in [-0.3, -0.25) is 0 Å². The molecule has 0 fully saturated rings. The van der Waals surface area contributed by atoms with E-state index >= 15 is 0 Å². The first kappa shape index (κ1) is 12.4. The molecule has 0 heterocycles. The van der Waals surface area contributed by atoms with E-state index in [0.717, 1.165) is 32.1 Å². The van der Waals surface area contributed by atoms with Crippen LogP contribution < -0.4 is 0 Å². The Morgan fingerprint density at radius 1 is 1.31 bits per heavy atom. The molecule has 76 valence electrons. The fourth-order valence-corrected chi connectivity index (χ4v) is 1.48. The van der Waals surface area contributed by atoms with Gasteiger partial charge in [-0.1, -0.05) is 25.5 Å². The molecular formula is C12H22O. The highest BCUT2D eigenvalue weighted by molar-refractivity contribution is 4.85. The van der Waals surface area contributed by atoms with Crippen LogP contribution in [0.4, 0.5) is 0 Å². The van der Waals surface area contributed by atoms with E-state index in [9.17, 15) is 5.11 Å². The van der Waals surface area contributed by atoms with Crippen molar-refractivity contribution in [3.05, 3.63) is 25.3 Å². The third-order valence-electron chi connectivity index (χ3n) is 2.33. The zero-order valence-electron chi connectivity index (χ0n) is 8.71. The molecule has 0 bridgehead atoms. The standard InChI is InChI=1S/C12H22O/c1-4-7-8-10-11(6-3)12(13)9-5-2/h4,6,11-13H,1,3,5,7-10H2,2H3/t11-,12-/m1/s1. The highest BCUT2D eigenvalue weighted by Gasteiger charge is 2.13. The number of aliphatic hydroxyl groups excluding tert-OH is 1. The van der Waals surface area contributed by atoms with Crippen LogP contribution >= 0.6 is 0 Å². The molecule has 0 spiro atoms. The van der Waals surface area contributed by atoms with Gasteiger partial charge in [0.25, 0.3) is 0 Å². The van der Waals surface area contributed by atoms with Gasteiger partial charge < -0.3 is 5.11 Å². The summed E-state index contributed by atoms with van der Waals surface area (Å²) >= 11 is 0. The van der Waals surface area contributed by atoms with E-state index in [2.05, 4.69) is 20.1 Å². The van der Waals surface area contributed by atoms with Crippen molar-refractivity contribution >= 4 is 0 Å². The number of unbranched alkanes of at least 4 members (excludes halogenated alkanes) is 1. The summed E-state index contributed by atoms with van der Waals surface area (Å²) in [5.74, 6) is 0.264. The Kier molecular flexibility index (Phi) is 7.71. The van der Waals surface area contributed by atoms with Crippen LogP contribution in [0.2, 0.25) is 0 Å². The quantitative estimate of drug-likeness (QED) is 0.451. The topological polar surface area (TPSA) is 20.2 Å². The smallest absolute Gasteiger partial charge is 0.0602 e. The molecule has 0 aromatic heterocycles. The van der Waals surface area contributed by atoms with Crippen LogP contribution in [0.5, 0.6) is 0 Å². The molecule has 1 heteroatoms. The first-order valence-electron chi connectivity index (χ1n) is 5.17. The van der Waals surface area contributed by atoms with Crippen LogP contribution in [0.1, 0.15) is 39.0 Å². The SMILES string of the molecule is C=CCCC[C@@H](C=C)[C@H](O)CCC. The van der Waals surface area contributed by atoms with Gasteiger partial charge in [0.15, 0.2) is 0 Å². The first-order chi connectivity index (χ1) is 6.26. The molecule has 0 aliphatic heterocycles. The normalized spacial score (nSPS) is 14.9. The van der Waals surface area contributed by atoms with Crippen LogP contribution in [0, 0.1) is 5.92 Å². The van der Waals surface area contributed by atoms with Gasteiger partial charge in [-0.2, -0.15) is 0 Å². The molecule has 0 aromatic carbocycles. The van der Waals surface area contributed by atoms with Crippen molar-refractivity contribution in [2.45, 2.75) is 45.1 Å². The zero-order chi connectivity index (χ0) is 10.1. The van der Waals surface area contributed by atoms with Crippen LogP contribution in [0.3, 0.4) is 0 Å². The van der Waals surface area contributed by atoms with E-state index < -0.39 is 0 Å². The predicted molar refractivity (Wildman–Crippen MR) is 58.6 cm³/mol. The maximum Gasteiger partial charge on any atom is 0.0602 e. The highest BCUT2D eigenvalue weighted by atomic mass is 16.3. The summed E-state index contributed by atoms with van der Waals surface area (Å²) in [6.07, 6.45) is 8.67. The Morgan fingerprint density at radius 2 is 2.00 bits per heavy atom. The van der Waals surface area contributed by atoms with Crippen LogP contribution in [-0.4, -0.2) is 11.2 Å². The molecule has 0 aromatic rings. The van der Waals surface area contributed by atoms with Crippen molar-refractivity contribution in [3.63, 3.8) is 0 Å². The van der Waals surface area contributed by atoms with Gasteiger partial charge >= 0.3 is 0 Å². The van der Waals surface area contributed by atoms with Gasteiger partial charge in [-0.05, 0) is 25.7 Å². The van der Waals surface area contributed by atoms with Gasteiger partial charge in [0, 0.05) is 5.92 Å². The number of hydrogen-bond acceptors (Lipinski definition) is 1. The van der Waals surface area contributed by atoms with Crippen molar-refractivity contribution in [2.75, 3.05) is 0 Å². The van der Waals surface area contributed by atoms with Crippen LogP contribution in [0.25, 0.3) is 0 Å². The molecule has 0 amide bonds. The van der Waals surface area contributed by atoms with Gasteiger partial charge in [0.1, 0.15) is 0 Å². The van der Waals surface area contributed by atoms with E-state index in [-0.39, 0.29) is 12.0 Å². The van der Waals surface area contributed by atoms with Crippen LogP contribution in [0.15, 0.2) is 25.3 Å². The minimum absolute atomic E-state index is 0.202. The molecule has 0 saturated carbocycles. The van der Waals surface area contributed by atoms with Gasteiger partial charge in [0.2, 0.25) is 0 Å². The van der Waals surface area contributed by atoms with Crippen LogP contribution in [-0.2, 0) is 0 Å². The highest BCUT2D eigenvalue weighted by Crippen LogP contribution is 2.17. The van der Waals surface area contributed by atoms with Gasteiger partial charge in [-0.15, -0.1) is 13.2 Å². The number of rotatable bonds is 8. The number of aliphatic hydroxyl groups is 1. The lowest BCUT2D eigenvalue weighted by molar-refractivity contribution is 0.115. The fraction of sp³-hybridized carbons (Fsp3) is 0.667. The average Bonchev–Trinajstić information content (AvgIpc) is 2.13. The van der Waals surface area contributed by atoms with Crippen molar-refractivity contribution in [1.29, 1.82) is 0 Å². The molecule has 1 N–H and O–H groups in total. The maximum atomic E-state index is 9.71. The maximum absolute atomic E-state index is 9.71. The second-order valence-electron chi connectivity index (χ2n) is 3.48. The fourth-order valence-electron chi connectivity index (χ4n) is 1.48. The Morgan fingerprint density at radius 3 is 2.46 bits per heavy atom. The molecule has 0 aliphatic carbocycles. The molecule has 0 rings (SSSR count). The number of allylic oxidation sites excluding steroid dienone is 1. The van der Waals surface area contributed by atoms with Gasteiger partial charge in [0.05, 0.1) is 6.10 Å². The summed E-state index contributed by atoms with van der Waals surface area (Å²) in [7, 11) is 0. The molecule has 0 unspecified atom stereocenters. The molecular weight excluding hydrogens is 160 g/mol. The summed E-state index contributed by atoms with van der Waals surface area (Å²) in [5, 5.41) is 9.71. The molecule has 13 heavy (non-hydrogen) atoms. The largest absolute Gasteiger partial charge is 0.393 e. The Hall–Kier alpha value is -0.560. The molecule has 0 radical (unpaired) electrons. The van der Waals surface area contributed by atoms with E-state index in [1.807, 2.05) is 12.2 Å². The number of hydrogen-bond donors (Lipinski definition) is 1. The first-order valence-corrected chi connectivity index (χ1v) is 5.17. The van der Waals surface area contributed by atoms with E-state index in [1.54, 1.807) is 0 Å². The van der Waals surface area contributed by atoms with Crippen molar-refractivity contribution in [3.8, 4) is 0 Å². The van der Waals surface area contributed by atoms with E-state index in [4.69, 9.17) is 0 Å². The Balaban J connectivity index is 3.72.